The molecule has 0 saturated heterocycles. The minimum Gasteiger partial charge on any atom is -0.337 e. The van der Waals surface area contributed by atoms with Gasteiger partial charge >= 0.3 is 0 Å². The Morgan fingerprint density at radius 3 is 2.54 bits per heavy atom. The van der Waals surface area contributed by atoms with Gasteiger partial charge in [0, 0.05) is 13.1 Å². The number of nitriles is 1. The highest BCUT2D eigenvalue weighted by Crippen LogP contribution is 2.16. The van der Waals surface area contributed by atoms with E-state index in [9.17, 15) is 13.2 Å². The Morgan fingerprint density at radius 1 is 1.31 bits per heavy atom. The summed E-state index contributed by atoms with van der Waals surface area (Å²) in [4.78, 5) is 14.4. The zero-order valence-corrected chi connectivity index (χ0v) is 16.3. The van der Waals surface area contributed by atoms with E-state index in [1.54, 1.807) is 47.5 Å². The van der Waals surface area contributed by atoms with Crippen LogP contribution in [0.25, 0.3) is 0 Å². The van der Waals surface area contributed by atoms with Gasteiger partial charge in [-0.1, -0.05) is 25.1 Å². The molecule has 0 radical (unpaired) electrons. The summed E-state index contributed by atoms with van der Waals surface area (Å²) in [5.41, 5.74) is 1.44. The molecule has 0 fully saturated rings. The number of nitrogens with one attached hydrogen (secondary N) is 1. The summed E-state index contributed by atoms with van der Waals surface area (Å²) in [7, 11) is -3.71. The van der Waals surface area contributed by atoms with Gasteiger partial charge in [0.1, 0.15) is 4.21 Å². The molecule has 8 heteroatoms. The largest absolute Gasteiger partial charge is 0.337 e. The highest BCUT2D eigenvalue weighted by molar-refractivity contribution is 7.91. The molecule has 2 rings (SSSR count). The number of benzene rings is 1. The second kappa shape index (κ2) is 8.94. The predicted molar refractivity (Wildman–Crippen MR) is 101 cm³/mol. The van der Waals surface area contributed by atoms with Gasteiger partial charge in [-0.05, 0) is 42.5 Å². The second-order valence-electron chi connectivity index (χ2n) is 5.84. The number of hydrogen-bond donors (Lipinski definition) is 1. The number of hydrogen-bond acceptors (Lipinski definition) is 5. The van der Waals surface area contributed by atoms with Crippen LogP contribution in [0.4, 0.5) is 0 Å². The normalized spacial score (nSPS) is 12.3. The fourth-order valence-electron chi connectivity index (χ4n) is 2.47. The van der Waals surface area contributed by atoms with Gasteiger partial charge in [-0.3, -0.25) is 4.79 Å². The Kier molecular flexibility index (Phi) is 6.91. The number of thiophene rings is 1. The number of carbonyl (C=O) groups is 1. The zero-order valence-electron chi connectivity index (χ0n) is 14.7. The van der Waals surface area contributed by atoms with Crippen LogP contribution in [-0.2, 0) is 21.4 Å². The molecule has 1 N–H and O–H groups in total. The summed E-state index contributed by atoms with van der Waals surface area (Å²) in [6.45, 7) is 4.39. The maximum absolute atomic E-state index is 12.8. The molecular formula is C18H21N3O3S2. The number of carbonyl (C=O) groups excluding carboxylic acids is 1. The van der Waals surface area contributed by atoms with E-state index in [0.717, 1.165) is 23.3 Å². The first-order chi connectivity index (χ1) is 12.4. The Labute approximate surface area is 158 Å². The number of rotatable bonds is 8. The number of amides is 1. The van der Waals surface area contributed by atoms with E-state index in [1.165, 1.54) is 6.07 Å². The molecule has 1 heterocycles. The Balaban J connectivity index is 2.10. The number of nitrogens with zero attached hydrogens (tertiary/aromatic N) is 2. The molecule has 1 atom stereocenters. The van der Waals surface area contributed by atoms with Gasteiger partial charge in [0.25, 0.3) is 10.0 Å². The highest BCUT2D eigenvalue weighted by atomic mass is 32.2. The molecule has 6 nitrogen and oxygen atoms in total. The van der Waals surface area contributed by atoms with E-state index in [2.05, 4.69) is 10.8 Å². The molecule has 0 bridgehead atoms. The van der Waals surface area contributed by atoms with Crippen molar-refractivity contribution in [2.75, 3.05) is 6.54 Å². The molecule has 1 unspecified atom stereocenters. The monoisotopic (exact) mass is 391 g/mol. The highest BCUT2D eigenvalue weighted by Gasteiger charge is 2.26. The van der Waals surface area contributed by atoms with Gasteiger partial charge in [0.05, 0.1) is 17.7 Å². The first kappa shape index (κ1) is 20.1. The minimum absolute atomic E-state index is 0.186. The fourth-order valence-corrected chi connectivity index (χ4v) is 4.68. The average molecular weight is 392 g/mol. The third-order valence-corrected chi connectivity index (χ3v) is 6.66. The Morgan fingerprint density at radius 2 is 2.00 bits per heavy atom. The van der Waals surface area contributed by atoms with E-state index in [1.807, 2.05) is 6.92 Å². The van der Waals surface area contributed by atoms with Crippen LogP contribution in [0, 0.1) is 11.3 Å². The Bertz CT molecular complexity index is 869. The lowest BCUT2D eigenvalue weighted by Crippen LogP contribution is -2.46. The molecule has 0 saturated carbocycles. The van der Waals surface area contributed by atoms with E-state index >= 15 is 0 Å². The standard InChI is InChI=1S/C18H21N3O3S2/c1-3-10-21(13-16-8-6-15(12-19)7-9-16)18(22)14(2)20-26(23,24)17-5-4-11-25-17/h4-9,11,14,20H,3,10,13H2,1-2H3. The summed E-state index contributed by atoms with van der Waals surface area (Å²) in [5, 5.41) is 10.5. The molecule has 26 heavy (non-hydrogen) atoms. The average Bonchev–Trinajstić information content (AvgIpc) is 3.16. The lowest BCUT2D eigenvalue weighted by atomic mass is 10.1. The second-order valence-corrected chi connectivity index (χ2v) is 8.73. The quantitative estimate of drug-likeness (QED) is 0.749. The molecule has 0 spiro atoms. The fraction of sp³-hybridized carbons (Fsp3) is 0.333. The maximum atomic E-state index is 12.8. The molecule has 0 aliphatic heterocycles. The molecule has 2 aromatic rings. The third kappa shape index (κ3) is 5.14. The van der Waals surface area contributed by atoms with Crippen molar-refractivity contribution in [1.29, 1.82) is 5.26 Å². The lowest BCUT2D eigenvalue weighted by Gasteiger charge is -2.26. The van der Waals surface area contributed by atoms with Gasteiger partial charge < -0.3 is 4.90 Å². The minimum atomic E-state index is -3.71. The van der Waals surface area contributed by atoms with E-state index in [-0.39, 0.29) is 10.1 Å². The topological polar surface area (TPSA) is 90.3 Å². The van der Waals surface area contributed by atoms with Crippen LogP contribution < -0.4 is 4.72 Å². The molecule has 1 aromatic carbocycles. The van der Waals surface area contributed by atoms with Crippen molar-refractivity contribution < 1.29 is 13.2 Å². The molecule has 138 valence electrons. The molecular weight excluding hydrogens is 370 g/mol. The van der Waals surface area contributed by atoms with Crippen LogP contribution in [-0.4, -0.2) is 31.8 Å². The van der Waals surface area contributed by atoms with Crippen molar-refractivity contribution >= 4 is 27.3 Å². The van der Waals surface area contributed by atoms with Crippen LogP contribution in [0.15, 0.2) is 46.0 Å². The number of sulfonamides is 1. The summed E-state index contributed by atoms with van der Waals surface area (Å²) >= 11 is 1.11. The zero-order chi connectivity index (χ0) is 19.2. The van der Waals surface area contributed by atoms with Gasteiger partial charge in [-0.2, -0.15) is 9.98 Å². The van der Waals surface area contributed by atoms with Crippen molar-refractivity contribution in [3.63, 3.8) is 0 Å². The van der Waals surface area contributed by atoms with Gasteiger partial charge in [-0.15, -0.1) is 11.3 Å². The van der Waals surface area contributed by atoms with Crippen molar-refractivity contribution in [2.45, 2.75) is 37.1 Å². The molecule has 1 amide bonds. The smallest absolute Gasteiger partial charge is 0.250 e. The van der Waals surface area contributed by atoms with E-state index in [0.29, 0.717) is 18.7 Å². The molecule has 1 aromatic heterocycles. The van der Waals surface area contributed by atoms with Gasteiger partial charge in [0.2, 0.25) is 5.91 Å². The molecule has 0 aliphatic rings. The summed E-state index contributed by atoms with van der Waals surface area (Å²) in [6, 6.07) is 11.3. The van der Waals surface area contributed by atoms with Crippen molar-refractivity contribution in [1.82, 2.24) is 9.62 Å². The van der Waals surface area contributed by atoms with Crippen molar-refractivity contribution in [2.24, 2.45) is 0 Å². The van der Waals surface area contributed by atoms with Crippen molar-refractivity contribution in [3.05, 3.63) is 52.9 Å². The first-order valence-corrected chi connectivity index (χ1v) is 10.6. The van der Waals surface area contributed by atoms with Gasteiger partial charge in [-0.25, -0.2) is 8.42 Å². The van der Waals surface area contributed by atoms with Crippen LogP contribution >= 0.6 is 11.3 Å². The van der Waals surface area contributed by atoms with Crippen LogP contribution in [0.1, 0.15) is 31.4 Å². The van der Waals surface area contributed by atoms with Crippen LogP contribution in [0.2, 0.25) is 0 Å². The lowest BCUT2D eigenvalue weighted by molar-refractivity contribution is -0.133. The first-order valence-electron chi connectivity index (χ1n) is 8.21. The van der Waals surface area contributed by atoms with E-state index in [4.69, 9.17) is 5.26 Å². The predicted octanol–water partition coefficient (Wildman–Crippen LogP) is 2.73. The Hall–Kier alpha value is -2.21. The summed E-state index contributed by atoms with van der Waals surface area (Å²) < 4.78 is 27.3. The van der Waals surface area contributed by atoms with Crippen LogP contribution in [0.5, 0.6) is 0 Å². The van der Waals surface area contributed by atoms with Crippen molar-refractivity contribution in [3.8, 4) is 6.07 Å². The third-order valence-electron chi connectivity index (χ3n) is 3.72. The SMILES string of the molecule is CCCN(Cc1ccc(C#N)cc1)C(=O)C(C)NS(=O)(=O)c1cccs1. The summed E-state index contributed by atoms with van der Waals surface area (Å²) in [5.74, 6) is -0.281. The molecule has 0 aliphatic carbocycles. The van der Waals surface area contributed by atoms with Crippen LogP contribution in [0.3, 0.4) is 0 Å². The van der Waals surface area contributed by atoms with E-state index < -0.39 is 16.1 Å². The summed E-state index contributed by atoms with van der Waals surface area (Å²) in [6.07, 6.45) is 0.756. The maximum Gasteiger partial charge on any atom is 0.250 e. The van der Waals surface area contributed by atoms with Gasteiger partial charge in [0.15, 0.2) is 0 Å².